The van der Waals surface area contributed by atoms with E-state index in [4.69, 9.17) is 0 Å². The molecule has 0 saturated carbocycles. The molecule has 0 fully saturated rings. The Morgan fingerprint density at radius 2 is 0.737 bits per heavy atom. The van der Waals surface area contributed by atoms with E-state index < -0.39 is 0 Å². The van der Waals surface area contributed by atoms with Gasteiger partial charge in [0.25, 0.3) is 0 Å². The summed E-state index contributed by atoms with van der Waals surface area (Å²) < 4.78 is 2.65. The standard InChI is InChI=1S/C75H46S/c1-75(2)66-23-13-12-18-53(66)64-41-47(29-38-67(64)75)69-54-19-8-10-21-56(54)70(57-22-11-9-20-55(57)69)48-30-39-68-65(42-48)62-37-36-60-51-16-6-7-17-52(51)63-40-46(28-35-61(63)73(60)74(62)76-68)50-32-25-45-26-33-58-49(43-14-4-3-5-15-43)31-24-44-27-34-59(50)72(45)71(44)58/h3-42H,1-2H3. The summed E-state index contributed by atoms with van der Waals surface area (Å²) in [5, 5.41) is 23.4. The molecule has 0 aliphatic heterocycles. The average Bonchev–Trinajstić information content (AvgIpc) is 4.13. The Labute approximate surface area is 443 Å². The van der Waals surface area contributed by atoms with Crippen LogP contribution in [0.2, 0.25) is 0 Å². The van der Waals surface area contributed by atoms with E-state index in [0.29, 0.717) is 0 Å². The number of fused-ring (bicyclic) bond motifs is 15. The Bertz CT molecular complexity index is 5130. The van der Waals surface area contributed by atoms with E-state index in [9.17, 15) is 0 Å². The maximum absolute atomic E-state index is 2.49. The van der Waals surface area contributed by atoms with Crippen molar-refractivity contribution >= 4 is 118 Å². The topological polar surface area (TPSA) is 0 Å². The van der Waals surface area contributed by atoms with Crippen LogP contribution in [0, 0.1) is 0 Å². The van der Waals surface area contributed by atoms with Crippen LogP contribution in [0.15, 0.2) is 243 Å². The monoisotopic (exact) mass is 978 g/mol. The van der Waals surface area contributed by atoms with Crippen LogP contribution in [0.4, 0.5) is 0 Å². The fourth-order valence-electron chi connectivity index (χ4n) is 14.1. The summed E-state index contributed by atoms with van der Waals surface area (Å²) in [6.07, 6.45) is 0. The highest BCUT2D eigenvalue weighted by Gasteiger charge is 2.35. The third-order valence-corrected chi connectivity index (χ3v) is 18.8. The van der Waals surface area contributed by atoms with E-state index in [1.165, 1.54) is 173 Å². The first-order chi connectivity index (χ1) is 37.5. The lowest BCUT2D eigenvalue weighted by Crippen LogP contribution is -2.14. The van der Waals surface area contributed by atoms with Gasteiger partial charge in [-0.2, -0.15) is 0 Å². The van der Waals surface area contributed by atoms with Gasteiger partial charge in [0.1, 0.15) is 0 Å². The van der Waals surface area contributed by atoms with Gasteiger partial charge in [-0.25, -0.2) is 0 Å². The molecule has 0 spiro atoms. The van der Waals surface area contributed by atoms with Crippen LogP contribution in [0.1, 0.15) is 25.0 Å². The fraction of sp³-hybridized carbons (Fsp3) is 0.0400. The fourth-order valence-corrected chi connectivity index (χ4v) is 15.4. The van der Waals surface area contributed by atoms with Crippen LogP contribution in [-0.4, -0.2) is 0 Å². The SMILES string of the molecule is CC1(C)c2ccccc2-c2cc(-c3c4ccccc4c(-c4ccc5sc6c(ccc7c8ccccc8c8cc(-c9ccc%10ccc%11c(-c%12ccccc%12)ccc%12ccc9c%10c%12%11)ccc8c76)c5c4)c4ccccc34)ccc21. The summed E-state index contributed by atoms with van der Waals surface area (Å²) in [4.78, 5) is 0. The van der Waals surface area contributed by atoms with Crippen LogP contribution in [-0.2, 0) is 5.41 Å². The second kappa shape index (κ2) is 15.5. The lowest BCUT2D eigenvalue weighted by Gasteiger charge is -2.22. The molecular formula is C75H46S. The minimum absolute atomic E-state index is 0.0399. The Kier molecular flexibility index (Phi) is 8.59. The highest BCUT2D eigenvalue weighted by Crippen LogP contribution is 2.53. The van der Waals surface area contributed by atoms with Crippen LogP contribution in [0.3, 0.4) is 0 Å². The van der Waals surface area contributed by atoms with Gasteiger partial charge in [-0.05, 0) is 172 Å². The number of hydrogen-bond donors (Lipinski definition) is 0. The van der Waals surface area contributed by atoms with Crippen molar-refractivity contribution in [1.29, 1.82) is 0 Å². The van der Waals surface area contributed by atoms with Crippen molar-refractivity contribution in [3.05, 3.63) is 254 Å². The van der Waals surface area contributed by atoms with Gasteiger partial charge in [0.15, 0.2) is 0 Å². The first kappa shape index (κ1) is 42.2. The van der Waals surface area contributed by atoms with Crippen molar-refractivity contribution in [1.82, 2.24) is 0 Å². The largest absolute Gasteiger partial charge is 0.135 e. The summed E-state index contributed by atoms with van der Waals surface area (Å²) in [6, 6.07) is 92.2. The molecule has 17 rings (SSSR count). The van der Waals surface area contributed by atoms with Crippen LogP contribution in [0.25, 0.3) is 162 Å². The quantitative estimate of drug-likeness (QED) is 0.122. The van der Waals surface area contributed by atoms with Crippen molar-refractivity contribution in [2.24, 2.45) is 0 Å². The minimum Gasteiger partial charge on any atom is -0.135 e. The summed E-state index contributed by atoms with van der Waals surface area (Å²) in [6.45, 7) is 4.73. The summed E-state index contributed by atoms with van der Waals surface area (Å²) >= 11 is 1.94. The zero-order valence-electron chi connectivity index (χ0n) is 42.0. The van der Waals surface area contributed by atoms with Gasteiger partial charge in [-0.1, -0.05) is 232 Å². The van der Waals surface area contributed by atoms with Gasteiger partial charge in [-0.15, -0.1) is 11.3 Å². The minimum atomic E-state index is -0.0399. The molecule has 0 radical (unpaired) electrons. The maximum Gasteiger partial charge on any atom is 0.0440 e. The molecule has 0 amide bonds. The summed E-state index contributed by atoms with van der Waals surface area (Å²) in [5.41, 5.74) is 15.6. The third kappa shape index (κ3) is 5.73. The van der Waals surface area contributed by atoms with E-state index in [0.717, 1.165) is 0 Å². The van der Waals surface area contributed by atoms with E-state index in [2.05, 4.69) is 257 Å². The first-order valence-electron chi connectivity index (χ1n) is 26.6. The van der Waals surface area contributed by atoms with Crippen molar-refractivity contribution in [2.75, 3.05) is 0 Å². The molecule has 0 saturated heterocycles. The molecule has 0 N–H and O–H groups in total. The molecule has 1 aromatic heterocycles. The molecule has 1 aliphatic rings. The molecule has 76 heavy (non-hydrogen) atoms. The summed E-state index contributed by atoms with van der Waals surface area (Å²) in [5.74, 6) is 0. The molecule has 16 aromatic rings. The number of hydrogen-bond acceptors (Lipinski definition) is 1. The van der Waals surface area contributed by atoms with Gasteiger partial charge in [0.05, 0.1) is 0 Å². The highest BCUT2D eigenvalue weighted by molar-refractivity contribution is 7.26. The van der Waals surface area contributed by atoms with Crippen molar-refractivity contribution < 1.29 is 0 Å². The maximum atomic E-state index is 2.49. The Balaban J connectivity index is 0.851. The van der Waals surface area contributed by atoms with Gasteiger partial charge < -0.3 is 0 Å². The van der Waals surface area contributed by atoms with Crippen LogP contribution >= 0.6 is 11.3 Å². The number of rotatable bonds is 4. The van der Waals surface area contributed by atoms with Crippen molar-refractivity contribution in [2.45, 2.75) is 19.3 Å². The predicted octanol–water partition coefficient (Wildman–Crippen LogP) is 21.7. The second-order valence-electron chi connectivity index (χ2n) is 21.8. The van der Waals surface area contributed by atoms with Gasteiger partial charge in [0, 0.05) is 31.0 Å². The first-order valence-corrected chi connectivity index (χ1v) is 27.5. The molecule has 0 bridgehead atoms. The van der Waals surface area contributed by atoms with Crippen LogP contribution in [0.5, 0.6) is 0 Å². The molecule has 352 valence electrons. The zero-order valence-corrected chi connectivity index (χ0v) is 42.8. The average molecular weight is 979 g/mol. The predicted molar refractivity (Wildman–Crippen MR) is 330 cm³/mol. The lowest BCUT2D eigenvalue weighted by atomic mass is 9.81. The van der Waals surface area contributed by atoms with Gasteiger partial charge in [-0.3, -0.25) is 0 Å². The number of benzene rings is 15. The lowest BCUT2D eigenvalue weighted by molar-refractivity contribution is 0.660. The van der Waals surface area contributed by atoms with Crippen molar-refractivity contribution in [3.63, 3.8) is 0 Å². The molecule has 0 atom stereocenters. The number of thiophene rings is 1. The Hall–Kier alpha value is -9.14. The van der Waals surface area contributed by atoms with Gasteiger partial charge in [0.2, 0.25) is 0 Å². The zero-order chi connectivity index (χ0) is 50.0. The molecule has 1 heteroatoms. The van der Waals surface area contributed by atoms with Crippen molar-refractivity contribution in [3.8, 4) is 55.6 Å². The van der Waals surface area contributed by atoms with Gasteiger partial charge >= 0.3 is 0 Å². The molecule has 15 aromatic carbocycles. The molecule has 0 nitrogen and oxygen atoms in total. The summed E-state index contributed by atoms with van der Waals surface area (Å²) in [7, 11) is 0. The van der Waals surface area contributed by atoms with Crippen LogP contribution < -0.4 is 0 Å². The van der Waals surface area contributed by atoms with E-state index in [-0.39, 0.29) is 5.41 Å². The van der Waals surface area contributed by atoms with E-state index in [1.54, 1.807) is 0 Å². The molecule has 0 unspecified atom stereocenters. The molecular weight excluding hydrogens is 933 g/mol. The molecule has 1 heterocycles. The molecule has 1 aliphatic carbocycles. The van der Waals surface area contributed by atoms with E-state index in [1.807, 2.05) is 11.3 Å². The third-order valence-electron chi connectivity index (χ3n) is 17.6. The Morgan fingerprint density at radius 1 is 0.263 bits per heavy atom. The smallest absolute Gasteiger partial charge is 0.0440 e. The second-order valence-corrected chi connectivity index (χ2v) is 22.8. The van der Waals surface area contributed by atoms with E-state index >= 15 is 0 Å². The highest BCUT2D eigenvalue weighted by atomic mass is 32.1. The Morgan fingerprint density at radius 3 is 1.42 bits per heavy atom. The normalized spacial score (nSPS) is 13.2.